The maximum absolute atomic E-state index is 13.4. The van der Waals surface area contributed by atoms with Gasteiger partial charge in [-0.1, -0.05) is 0 Å². The Bertz CT molecular complexity index is 1230. The number of rotatable bonds is 9. The van der Waals surface area contributed by atoms with Gasteiger partial charge in [0.1, 0.15) is 29.9 Å². The molecule has 2 heterocycles. The number of nitrogens with one attached hydrogen (secondary N) is 8. The van der Waals surface area contributed by atoms with Gasteiger partial charge in [0.05, 0.1) is 6.04 Å². The standard InChI is InChI=1S/C25H44N14O7/c1-11-19(41)36-15(9-32-17(40)7-12(27)3-2-5-26)21(43)37-16(10-34-25(30)46)22(44)39-18(14-4-6-31-24(29)38-14)23(45)33-8-13(28)20(42)35-11/h10-15,18H,2-9,26-28H2,1H3,(H,32,40)(H,33,45)(H,35,42)(H,36,41)(H,37,43)(H,39,44)(H3,29,31,38)(H3,30,34,46)/b16-10-/t11-,12-,13-,14-,15-,18-/m0/s1. The van der Waals surface area contributed by atoms with Crippen LogP contribution >= 0.6 is 0 Å². The molecule has 2 rings (SSSR count). The second kappa shape index (κ2) is 18.1. The summed E-state index contributed by atoms with van der Waals surface area (Å²) in [6.45, 7) is 1.17. The van der Waals surface area contributed by atoms with E-state index in [1.165, 1.54) is 6.92 Å². The van der Waals surface area contributed by atoms with Gasteiger partial charge in [0.2, 0.25) is 29.5 Å². The molecule has 256 valence electrons. The maximum Gasteiger partial charge on any atom is 0.316 e. The van der Waals surface area contributed by atoms with Crippen LogP contribution in [-0.4, -0.2) is 110 Å². The zero-order valence-electron chi connectivity index (χ0n) is 25.4. The number of guanidine groups is 1. The molecule has 0 bridgehead atoms. The second-order valence-electron chi connectivity index (χ2n) is 10.6. The van der Waals surface area contributed by atoms with E-state index < -0.39 is 90.0 Å². The summed E-state index contributed by atoms with van der Waals surface area (Å²) in [4.78, 5) is 93.9. The summed E-state index contributed by atoms with van der Waals surface area (Å²) in [6, 6.07) is -7.93. The van der Waals surface area contributed by atoms with E-state index in [1.54, 1.807) is 0 Å². The van der Waals surface area contributed by atoms with E-state index in [0.29, 0.717) is 25.9 Å². The summed E-state index contributed by atoms with van der Waals surface area (Å²) in [7, 11) is 0. The monoisotopic (exact) mass is 652 g/mol. The van der Waals surface area contributed by atoms with Crippen molar-refractivity contribution in [2.45, 2.75) is 68.9 Å². The normalized spacial score (nSPS) is 26.6. The molecule has 18 N–H and O–H groups in total. The fourth-order valence-electron chi connectivity index (χ4n) is 4.27. The van der Waals surface area contributed by atoms with Gasteiger partial charge in [-0.3, -0.25) is 28.8 Å². The first-order valence-corrected chi connectivity index (χ1v) is 14.5. The lowest BCUT2D eigenvalue weighted by Crippen LogP contribution is -2.61. The predicted octanol–water partition coefficient (Wildman–Crippen LogP) is -7.21. The molecular formula is C25H44N14O7. The summed E-state index contributed by atoms with van der Waals surface area (Å²) < 4.78 is 0. The lowest BCUT2D eigenvalue weighted by Gasteiger charge is -2.29. The SMILES string of the molecule is C[C@@H]1NC(=O)[C@@H](N)CNC(=O)[C@H]([C@@H]2CCNC(N)=N2)NC(=O)/C(=C/NC(N)=O)NC(=O)[C@H](CNC(=O)C[C@@H](N)CCCN)NC1=O. The fraction of sp³-hybridized carbons (Fsp3) is 0.600. The summed E-state index contributed by atoms with van der Waals surface area (Å²) in [5.74, 6) is -5.07. The molecule has 21 nitrogen and oxygen atoms in total. The van der Waals surface area contributed by atoms with Crippen molar-refractivity contribution in [3.8, 4) is 0 Å². The van der Waals surface area contributed by atoms with Crippen molar-refractivity contribution in [3.05, 3.63) is 11.9 Å². The molecule has 0 aliphatic carbocycles. The number of hydrogen-bond donors (Lipinski definition) is 13. The van der Waals surface area contributed by atoms with Crippen molar-refractivity contribution in [1.29, 1.82) is 0 Å². The van der Waals surface area contributed by atoms with E-state index in [1.807, 2.05) is 0 Å². The third-order valence-corrected chi connectivity index (χ3v) is 6.81. The molecule has 0 aromatic heterocycles. The van der Waals surface area contributed by atoms with Gasteiger partial charge in [0.15, 0.2) is 5.96 Å². The molecule has 0 spiro atoms. The molecule has 1 saturated heterocycles. The van der Waals surface area contributed by atoms with Gasteiger partial charge in [-0.25, -0.2) is 9.79 Å². The first kappa shape index (κ1) is 37.2. The van der Waals surface area contributed by atoms with E-state index in [9.17, 15) is 33.6 Å². The van der Waals surface area contributed by atoms with Crippen molar-refractivity contribution in [1.82, 2.24) is 42.5 Å². The highest BCUT2D eigenvalue weighted by molar-refractivity contribution is 6.02. The van der Waals surface area contributed by atoms with Crippen LogP contribution in [0, 0.1) is 0 Å². The Morgan fingerprint density at radius 1 is 1.04 bits per heavy atom. The van der Waals surface area contributed by atoms with E-state index in [0.717, 1.165) is 6.20 Å². The fourth-order valence-corrected chi connectivity index (χ4v) is 4.27. The van der Waals surface area contributed by atoms with Crippen LogP contribution < -0.4 is 71.2 Å². The number of carbonyl (C=O) groups excluding carboxylic acids is 7. The predicted molar refractivity (Wildman–Crippen MR) is 163 cm³/mol. The quantitative estimate of drug-likeness (QED) is 0.103. The Morgan fingerprint density at radius 2 is 1.76 bits per heavy atom. The zero-order chi connectivity index (χ0) is 34.4. The van der Waals surface area contributed by atoms with E-state index in [4.69, 9.17) is 28.7 Å². The number of amides is 8. The molecule has 0 saturated carbocycles. The van der Waals surface area contributed by atoms with Crippen molar-refractivity contribution in [3.63, 3.8) is 0 Å². The van der Waals surface area contributed by atoms with E-state index >= 15 is 0 Å². The van der Waals surface area contributed by atoms with Crippen LogP contribution in [0.25, 0.3) is 0 Å². The van der Waals surface area contributed by atoms with Gasteiger partial charge in [-0.05, 0) is 32.7 Å². The Hall–Kier alpha value is -5.02. The number of hydrogen-bond acceptors (Lipinski definition) is 13. The molecule has 1 fully saturated rings. The van der Waals surface area contributed by atoms with E-state index in [2.05, 4.69) is 47.5 Å². The minimum Gasteiger partial charge on any atom is -0.370 e. The lowest BCUT2D eigenvalue weighted by molar-refractivity contribution is -0.133. The summed E-state index contributed by atoms with van der Waals surface area (Å²) in [5, 5.41) is 19.3. The van der Waals surface area contributed by atoms with Crippen LogP contribution in [0.3, 0.4) is 0 Å². The Labute approximate surface area is 264 Å². The third kappa shape index (κ3) is 12.2. The highest BCUT2D eigenvalue weighted by Crippen LogP contribution is 2.09. The Balaban J connectivity index is 2.43. The average Bonchev–Trinajstić information content (AvgIpc) is 3.00. The molecule has 8 amide bonds. The van der Waals surface area contributed by atoms with Crippen LogP contribution in [0.4, 0.5) is 4.79 Å². The molecule has 46 heavy (non-hydrogen) atoms. The molecular weight excluding hydrogens is 608 g/mol. The number of nitrogens with zero attached hydrogens (tertiary/aromatic N) is 1. The molecule has 0 radical (unpaired) electrons. The van der Waals surface area contributed by atoms with Gasteiger partial charge in [0, 0.05) is 38.3 Å². The summed E-state index contributed by atoms with van der Waals surface area (Å²) in [5.41, 5.74) is 27.7. The second-order valence-corrected chi connectivity index (χ2v) is 10.6. The van der Waals surface area contributed by atoms with Gasteiger partial charge in [-0.15, -0.1) is 0 Å². The van der Waals surface area contributed by atoms with Crippen LogP contribution in [0.15, 0.2) is 16.9 Å². The summed E-state index contributed by atoms with van der Waals surface area (Å²) >= 11 is 0. The first-order valence-electron chi connectivity index (χ1n) is 14.5. The van der Waals surface area contributed by atoms with Crippen molar-refractivity contribution < 1.29 is 33.6 Å². The maximum atomic E-state index is 13.4. The van der Waals surface area contributed by atoms with Crippen LogP contribution in [0.5, 0.6) is 0 Å². The Morgan fingerprint density at radius 3 is 2.41 bits per heavy atom. The molecule has 0 unspecified atom stereocenters. The highest BCUT2D eigenvalue weighted by Gasteiger charge is 2.34. The molecule has 2 aliphatic rings. The number of carbonyl (C=O) groups is 7. The van der Waals surface area contributed by atoms with E-state index in [-0.39, 0.29) is 25.3 Å². The van der Waals surface area contributed by atoms with Gasteiger partial charge < -0.3 is 71.2 Å². The first-order chi connectivity index (χ1) is 21.7. The number of primary amides is 1. The van der Waals surface area contributed by atoms with Gasteiger partial charge >= 0.3 is 6.03 Å². The highest BCUT2D eigenvalue weighted by atomic mass is 16.2. The minimum absolute atomic E-state index is 0.0101. The third-order valence-electron chi connectivity index (χ3n) is 6.81. The van der Waals surface area contributed by atoms with Crippen molar-refractivity contribution in [2.75, 3.05) is 26.2 Å². The smallest absolute Gasteiger partial charge is 0.316 e. The number of urea groups is 1. The van der Waals surface area contributed by atoms with Crippen LogP contribution in [0.1, 0.15) is 32.6 Å². The van der Waals surface area contributed by atoms with Crippen LogP contribution in [-0.2, 0) is 28.8 Å². The molecule has 0 aromatic carbocycles. The molecule has 0 aromatic rings. The topological polar surface area (TPSA) is 358 Å². The molecule has 6 atom stereocenters. The Kier molecular flexibility index (Phi) is 14.6. The minimum atomic E-state index is -1.52. The van der Waals surface area contributed by atoms with Crippen molar-refractivity contribution in [2.24, 2.45) is 33.7 Å². The number of aliphatic imine (C=N–C) groups is 1. The van der Waals surface area contributed by atoms with Crippen molar-refractivity contribution >= 4 is 47.4 Å². The molecule has 21 heteroatoms. The largest absolute Gasteiger partial charge is 0.370 e. The lowest BCUT2D eigenvalue weighted by atomic mass is 10.0. The summed E-state index contributed by atoms with van der Waals surface area (Å²) in [6.07, 6.45) is 2.00. The average molecular weight is 653 g/mol. The molecule has 2 aliphatic heterocycles. The number of nitrogens with two attached hydrogens (primary N) is 5. The van der Waals surface area contributed by atoms with Crippen LogP contribution in [0.2, 0.25) is 0 Å². The van der Waals surface area contributed by atoms with Gasteiger partial charge in [0.25, 0.3) is 5.91 Å². The van der Waals surface area contributed by atoms with Gasteiger partial charge in [-0.2, -0.15) is 0 Å². The zero-order valence-corrected chi connectivity index (χ0v) is 25.4.